The zero-order chi connectivity index (χ0) is 25.5. The minimum atomic E-state index is -0.851. The number of morpholine rings is 3. The highest BCUT2D eigenvalue weighted by atomic mass is 16.5. The van der Waals surface area contributed by atoms with Gasteiger partial charge in [0.1, 0.15) is 5.92 Å². The number of carbonyl (C=O) groups excluding carboxylic acids is 2. The Morgan fingerprint density at radius 2 is 1.33 bits per heavy atom. The van der Waals surface area contributed by atoms with Gasteiger partial charge in [-0.1, -0.05) is 0 Å². The molecule has 12 nitrogen and oxygen atoms in total. The predicted molar refractivity (Wildman–Crippen MR) is 136 cm³/mol. The Kier molecular flexibility index (Phi) is 8.83. The molecule has 1 aromatic rings. The Labute approximate surface area is 211 Å². The molecule has 3 N–H and O–H groups in total. The van der Waals surface area contributed by atoms with E-state index in [-0.39, 0.29) is 0 Å². The molecule has 1 unspecified atom stereocenters. The smallest absolute Gasteiger partial charge is 0.332 e. The summed E-state index contributed by atoms with van der Waals surface area (Å²) in [5.74, 6) is -1.32. The number of primary amides is 1. The Morgan fingerprint density at radius 1 is 0.889 bits per heavy atom. The van der Waals surface area contributed by atoms with Crippen molar-refractivity contribution >= 4 is 34.8 Å². The number of carbonyl (C=O) groups is 2. The number of methoxy groups -OCH3 is 1. The van der Waals surface area contributed by atoms with Crippen molar-refractivity contribution in [1.82, 2.24) is 5.43 Å². The lowest BCUT2D eigenvalue weighted by atomic mass is 9.89. The first-order valence-electron chi connectivity index (χ1n) is 12.3. The van der Waals surface area contributed by atoms with Gasteiger partial charge in [0.2, 0.25) is 0 Å². The number of benzene rings is 1. The Morgan fingerprint density at radius 3 is 1.75 bits per heavy atom. The van der Waals surface area contributed by atoms with Crippen LogP contribution in [0.2, 0.25) is 0 Å². The summed E-state index contributed by atoms with van der Waals surface area (Å²) in [7, 11) is 1.36. The fourth-order valence-corrected chi connectivity index (χ4v) is 4.86. The predicted octanol–water partition coefficient (Wildman–Crippen LogP) is 0.497. The summed E-state index contributed by atoms with van der Waals surface area (Å²) in [6.07, 6.45) is 0. The zero-order valence-electron chi connectivity index (χ0n) is 21.0. The summed E-state index contributed by atoms with van der Waals surface area (Å²) in [4.78, 5) is 31.5. The number of nitrogens with one attached hydrogen (secondary N) is 1. The number of hydrazone groups is 1. The number of urea groups is 1. The van der Waals surface area contributed by atoms with Crippen LogP contribution in [0.25, 0.3) is 0 Å². The molecule has 3 fully saturated rings. The molecule has 3 saturated heterocycles. The van der Waals surface area contributed by atoms with E-state index in [4.69, 9.17) is 24.7 Å². The Bertz CT molecular complexity index is 915. The van der Waals surface area contributed by atoms with Crippen molar-refractivity contribution in [2.24, 2.45) is 10.8 Å². The quantitative estimate of drug-likeness (QED) is 0.309. The first-order valence-corrected chi connectivity index (χ1v) is 12.3. The lowest BCUT2D eigenvalue weighted by Crippen LogP contribution is -2.41. The molecule has 198 valence electrons. The van der Waals surface area contributed by atoms with E-state index in [2.05, 4.69) is 37.4 Å². The summed E-state index contributed by atoms with van der Waals surface area (Å²) in [6.45, 7) is 9.70. The molecule has 1 aromatic carbocycles. The highest BCUT2D eigenvalue weighted by Gasteiger charge is 2.35. The van der Waals surface area contributed by atoms with Crippen molar-refractivity contribution in [3.8, 4) is 0 Å². The molecule has 36 heavy (non-hydrogen) atoms. The first-order chi connectivity index (χ1) is 17.5. The zero-order valence-corrected chi connectivity index (χ0v) is 21.0. The summed E-state index contributed by atoms with van der Waals surface area (Å²) >= 11 is 0. The van der Waals surface area contributed by atoms with E-state index in [0.29, 0.717) is 71.5 Å². The maximum absolute atomic E-state index is 13.3. The number of nitrogens with zero attached hydrogens (tertiary/aromatic N) is 4. The molecule has 4 rings (SSSR count). The standard InChI is InChI=1S/C24H36N6O6/c1-17(26-27-24(25)32)21(23(31)33-2)22-19(29-5-11-35-12-6-29)15-18(28-3-9-34-10-4-28)16-20(22)30-7-13-36-14-8-30/h15-16,21H,3-14H2,1-2H3,(H3,25,27,32)/b26-17+. The summed E-state index contributed by atoms with van der Waals surface area (Å²) in [5, 5.41) is 4.13. The molecule has 0 bridgehead atoms. The molecule has 3 heterocycles. The van der Waals surface area contributed by atoms with Crippen LogP contribution < -0.4 is 25.9 Å². The van der Waals surface area contributed by atoms with Gasteiger partial charge in [-0.2, -0.15) is 5.10 Å². The van der Waals surface area contributed by atoms with E-state index in [1.807, 2.05) is 0 Å². The van der Waals surface area contributed by atoms with Crippen LogP contribution >= 0.6 is 0 Å². The number of hydrogen-bond acceptors (Lipinski definition) is 10. The maximum atomic E-state index is 13.3. The second kappa shape index (κ2) is 12.2. The SMILES string of the molecule is COC(=O)C(/C(C)=N/NC(N)=O)c1c(N2CCOCC2)cc(N2CCOCC2)cc1N1CCOCC1. The number of anilines is 3. The van der Waals surface area contributed by atoms with Gasteiger partial charge in [0.05, 0.1) is 52.5 Å². The van der Waals surface area contributed by atoms with E-state index in [0.717, 1.165) is 35.7 Å². The van der Waals surface area contributed by atoms with Gasteiger partial charge in [-0.05, 0) is 19.1 Å². The monoisotopic (exact) mass is 504 g/mol. The molecular weight excluding hydrogens is 468 g/mol. The van der Waals surface area contributed by atoms with Crippen molar-refractivity contribution < 1.29 is 28.5 Å². The van der Waals surface area contributed by atoms with Crippen LogP contribution in [0.4, 0.5) is 21.9 Å². The molecule has 3 aliphatic rings. The Balaban J connectivity index is 1.91. The third-order valence-electron chi connectivity index (χ3n) is 6.69. The molecule has 1 atom stereocenters. The van der Waals surface area contributed by atoms with Gasteiger partial charge in [-0.15, -0.1) is 0 Å². The second-order valence-electron chi connectivity index (χ2n) is 8.88. The van der Waals surface area contributed by atoms with Crippen molar-refractivity contribution in [3.63, 3.8) is 0 Å². The van der Waals surface area contributed by atoms with Crippen LogP contribution in [0, 0.1) is 0 Å². The largest absolute Gasteiger partial charge is 0.468 e. The van der Waals surface area contributed by atoms with Crippen molar-refractivity contribution in [2.45, 2.75) is 12.8 Å². The Hall–Kier alpha value is -3.09. The molecule has 12 heteroatoms. The normalized spacial score (nSPS) is 20.2. The number of hydrogen-bond donors (Lipinski definition) is 2. The van der Waals surface area contributed by atoms with E-state index in [1.165, 1.54) is 7.11 Å². The van der Waals surface area contributed by atoms with E-state index < -0.39 is 17.9 Å². The third kappa shape index (κ3) is 6.00. The summed E-state index contributed by atoms with van der Waals surface area (Å²) < 4.78 is 22.1. The van der Waals surface area contributed by atoms with Gasteiger partial charge < -0.3 is 39.4 Å². The highest BCUT2D eigenvalue weighted by molar-refractivity contribution is 6.09. The van der Waals surface area contributed by atoms with E-state index in [9.17, 15) is 9.59 Å². The topological polar surface area (TPSA) is 131 Å². The van der Waals surface area contributed by atoms with E-state index in [1.54, 1.807) is 6.92 Å². The second-order valence-corrected chi connectivity index (χ2v) is 8.88. The molecule has 2 amide bonds. The van der Waals surface area contributed by atoms with Crippen molar-refractivity contribution in [2.75, 3.05) is 101 Å². The van der Waals surface area contributed by atoms with Gasteiger partial charge >= 0.3 is 12.0 Å². The van der Waals surface area contributed by atoms with Crippen LogP contribution in [0.5, 0.6) is 0 Å². The molecule has 3 aliphatic heterocycles. The summed E-state index contributed by atoms with van der Waals surface area (Å²) in [6, 6.07) is 3.48. The van der Waals surface area contributed by atoms with Gasteiger partial charge in [-0.25, -0.2) is 10.2 Å². The van der Waals surface area contributed by atoms with Gasteiger partial charge in [0.25, 0.3) is 0 Å². The minimum Gasteiger partial charge on any atom is -0.468 e. The number of nitrogens with two attached hydrogens (primary N) is 1. The van der Waals surface area contributed by atoms with Gasteiger partial charge in [-0.3, -0.25) is 4.79 Å². The number of amides is 2. The van der Waals surface area contributed by atoms with E-state index >= 15 is 0 Å². The molecule has 0 saturated carbocycles. The third-order valence-corrected chi connectivity index (χ3v) is 6.69. The number of esters is 1. The number of rotatable bonds is 7. The molecule has 0 aromatic heterocycles. The van der Waals surface area contributed by atoms with Crippen LogP contribution in [0.1, 0.15) is 18.4 Å². The highest BCUT2D eigenvalue weighted by Crippen LogP contribution is 2.42. The van der Waals surface area contributed by atoms with Crippen LogP contribution in [-0.2, 0) is 23.7 Å². The molecule has 0 radical (unpaired) electrons. The lowest BCUT2D eigenvalue weighted by Gasteiger charge is -2.39. The average Bonchev–Trinajstić information content (AvgIpc) is 2.93. The van der Waals surface area contributed by atoms with Gasteiger partial charge in [0.15, 0.2) is 0 Å². The van der Waals surface area contributed by atoms with Crippen LogP contribution in [0.3, 0.4) is 0 Å². The van der Waals surface area contributed by atoms with Gasteiger partial charge in [0, 0.05) is 61.9 Å². The summed E-state index contributed by atoms with van der Waals surface area (Å²) in [5.41, 5.74) is 11.6. The minimum absolute atomic E-state index is 0.379. The molecule has 0 spiro atoms. The average molecular weight is 505 g/mol. The maximum Gasteiger partial charge on any atom is 0.332 e. The number of ether oxygens (including phenoxy) is 4. The van der Waals surface area contributed by atoms with Crippen molar-refractivity contribution in [3.05, 3.63) is 17.7 Å². The molecular formula is C24H36N6O6. The first kappa shape index (κ1) is 26.0. The van der Waals surface area contributed by atoms with Crippen LogP contribution in [-0.4, -0.2) is 104 Å². The molecule has 0 aliphatic carbocycles. The van der Waals surface area contributed by atoms with Crippen molar-refractivity contribution in [1.29, 1.82) is 0 Å². The fourth-order valence-electron chi connectivity index (χ4n) is 4.86. The van der Waals surface area contributed by atoms with Crippen LogP contribution in [0.15, 0.2) is 17.2 Å². The fraction of sp³-hybridized carbons (Fsp3) is 0.625. The lowest BCUT2D eigenvalue weighted by molar-refractivity contribution is -0.140.